The van der Waals surface area contributed by atoms with Crippen LogP contribution in [-0.4, -0.2) is 11.8 Å². The SMILES string of the molecule is CC(C)CNCc1cccc(SC2CC(C)CC(C)C2)c1. The van der Waals surface area contributed by atoms with Gasteiger partial charge >= 0.3 is 0 Å². The van der Waals surface area contributed by atoms with Crippen LogP contribution in [-0.2, 0) is 6.54 Å². The van der Waals surface area contributed by atoms with Gasteiger partial charge in [-0.15, -0.1) is 11.8 Å². The van der Waals surface area contributed by atoms with Crippen molar-refractivity contribution in [1.29, 1.82) is 0 Å². The van der Waals surface area contributed by atoms with E-state index < -0.39 is 0 Å². The van der Waals surface area contributed by atoms with Crippen molar-refractivity contribution in [1.82, 2.24) is 5.32 Å². The normalized spacial score (nSPS) is 26.2. The van der Waals surface area contributed by atoms with Gasteiger partial charge in [0, 0.05) is 16.7 Å². The first-order valence-corrected chi connectivity index (χ1v) is 9.37. The summed E-state index contributed by atoms with van der Waals surface area (Å²) in [5.74, 6) is 2.50. The third kappa shape index (κ3) is 6.04. The highest BCUT2D eigenvalue weighted by Gasteiger charge is 2.24. The van der Waals surface area contributed by atoms with Gasteiger partial charge in [0.05, 0.1) is 0 Å². The van der Waals surface area contributed by atoms with E-state index >= 15 is 0 Å². The van der Waals surface area contributed by atoms with E-state index in [0.29, 0.717) is 5.92 Å². The molecular formula is C19H31NS. The van der Waals surface area contributed by atoms with Crippen molar-refractivity contribution in [3.63, 3.8) is 0 Å². The quantitative estimate of drug-likeness (QED) is 0.760. The molecule has 0 amide bonds. The van der Waals surface area contributed by atoms with Crippen LogP contribution in [0.15, 0.2) is 29.2 Å². The summed E-state index contributed by atoms with van der Waals surface area (Å²) in [5.41, 5.74) is 1.41. The summed E-state index contributed by atoms with van der Waals surface area (Å²) >= 11 is 2.10. The van der Waals surface area contributed by atoms with Crippen molar-refractivity contribution in [3.8, 4) is 0 Å². The van der Waals surface area contributed by atoms with Crippen LogP contribution in [0.3, 0.4) is 0 Å². The first-order valence-electron chi connectivity index (χ1n) is 8.49. The predicted molar refractivity (Wildman–Crippen MR) is 94.8 cm³/mol. The average Bonchev–Trinajstić information content (AvgIpc) is 2.37. The third-order valence-corrected chi connectivity index (χ3v) is 5.46. The van der Waals surface area contributed by atoms with Gasteiger partial charge in [0.1, 0.15) is 0 Å². The number of rotatable bonds is 6. The lowest BCUT2D eigenvalue weighted by molar-refractivity contribution is 0.309. The van der Waals surface area contributed by atoms with Gasteiger partial charge in [0.15, 0.2) is 0 Å². The molecule has 2 unspecified atom stereocenters. The van der Waals surface area contributed by atoms with Crippen LogP contribution in [0, 0.1) is 17.8 Å². The minimum atomic E-state index is 0.716. The molecule has 1 aliphatic rings. The molecule has 0 saturated heterocycles. The summed E-state index contributed by atoms with van der Waals surface area (Å²) in [6, 6.07) is 9.11. The molecule has 1 saturated carbocycles. The molecule has 0 spiro atoms. The Bertz CT molecular complexity index is 419. The maximum atomic E-state index is 3.54. The van der Waals surface area contributed by atoms with Crippen molar-refractivity contribution in [2.45, 2.75) is 63.6 Å². The Hall–Kier alpha value is -0.470. The first kappa shape index (κ1) is 16.9. The van der Waals surface area contributed by atoms with E-state index in [1.54, 1.807) is 0 Å². The van der Waals surface area contributed by atoms with E-state index in [0.717, 1.165) is 30.2 Å². The fourth-order valence-electron chi connectivity index (χ4n) is 3.40. The van der Waals surface area contributed by atoms with Crippen LogP contribution >= 0.6 is 11.8 Å². The van der Waals surface area contributed by atoms with Gasteiger partial charge in [0.2, 0.25) is 0 Å². The van der Waals surface area contributed by atoms with Gasteiger partial charge in [-0.05, 0) is 61.3 Å². The summed E-state index contributed by atoms with van der Waals surface area (Å²) in [6.07, 6.45) is 4.17. The Kier molecular flexibility index (Phi) is 6.63. The Morgan fingerprint density at radius 3 is 2.52 bits per heavy atom. The van der Waals surface area contributed by atoms with Gasteiger partial charge in [-0.3, -0.25) is 0 Å². The van der Waals surface area contributed by atoms with Gasteiger partial charge in [-0.25, -0.2) is 0 Å². The van der Waals surface area contributed by atoms with Gasteiger partial charge in [0.25, 0.3) is 0 Å². The van der Waals surface area contributed by atoms with Crippen molar-refractivity contribution >= 4 is 11.8 Å². The maximum Gasteiger partial charge on any atom is 0.0206 e. The fraction of sp³-hybridized carbons (Fsp3) is 0.684. The second-order valence-electron chi connectivity index (χ2n) is 7.33. The van der Waals surface area contributed by atoms with E-state index in [1.807, 2.05) is 0 Å². The molecule has 1 N–H and O–H groups in total. The van der Waals surface area contributed by atoms with E-state index in [-0.39, 0.29) is 0 Å². The molecule has 118 valence electrons. The molecule has 21 heavy (non-hydrogen) atoms. The summed E-state index contributed by atoms with van der Waals surface area (Å²) in [5, 5.41) is 4.34. The molecule has 2 atom stereocenters. The van der Waals surface area contributed by atoms with Crippen LogP contribution in [0.4, 0.5) is 0 Å². The predicted octanol–water partition coefficient (Wildman–Crippen LogP) is 5.35. The lowest BCUT2D eigenvalue weighted by atomic mass is 9.83. The average molecular weight is 306 g/mol. The summed E-state index contributed by atoms with van der Waals surface area (Å²) in [6.45, 7) is 11.4. The highest BCUT2D eigenvalue weighted by atomic mass is 32.2. The minimum Gasteiger partial charge on any atom is -0.312 e. The van der Waals surface area contributed by atoms with Crippen LogP contribution in [0.5, 0.6) is 0 Å². The molecule has 0 aromatic heterocycles. The summed E-state index contributed by atoms with van der Waals surface area (Å²) in [4.78, 5) is 1.45. The standard InChI is InChI=1S/C19H31NS/c1-14(2)12-20-13-17-6-5-7-18(11-17)21-19-9-15(3)8-16(4)10-19/h5-7,11,14-16,19-20H,8-10,12-13H2,1-4H3. The van der Waals surface area contributed by atoms with E-state index in [1.165, 1.54) is 29.7 Å². The number of benzene rings is 1. The van der Waals surface area contributed by atoms with Crippen LogP contribution in [0.2, 0.25) is 0 Å². The molecular weight excluding hydrogens is 274 g/mol. The zero-order valence-electron chi connectivity index (χ0n) is 14.1. The van der Waals surface area contributed by atoms with Crippen LogP contribution in [0.1, 0.15) is 52.5 Å². The molecule has 2 rings (SSSR count). The number of nitrogens with one attached hydrogen (secondary N) is 1. The molecule has 1 fully saturated rings. The van der Waals surface area contributed by atoms with E-state index in [9.17, 15) is 0 Å². The van der Waals surface area contributed by atoms with Crippen molar-refractivity contribution in [2.75, 3.05) is 6.54 Å². The number of hydrogen-bond donors (Lipinski definition) is 1. The molecule has 0 heterocycles. The lowest BCUT2D eigenvalue weighted by Crippen LogP contribution is -2.21. The highest BCUT2D eigenvalue weighted by molar-refractivity contribution is 8.00. The van der Waals surface area contributed by atoms with Gasteiger partial charge in [-0.1, -0.05) is 39.8 Å². The Labute approximate surface area is 135 Å². The first-order chi connectivity index (χ1) is 10.0. The maximum absolute atomic E-state index is 3.54. The number of thioether (sulfide) groups is 1. The zero-order valence-corrected chi connectivity index (χ0v) is 14.9. The molecule has 1 nitrogen and oxygen atoms in total. The molecule has 0 bridgehead atoms. The minimum absolute atomic E-state index is 0.716. The highest BCUT2D eigenvalue weighted by Crippen LogP contribution is 2.38. The van der Waals surface area contributed by atoms with Crippen molar-refractivity contribution in [2.24, 2.45) is 17.8 Å². The van der Waals surface area contributed by atoms with Crippen LogP contribution in [0.25, 0.3) is 0 Å². The monoisotopic (exact) mass is 305 g/mol. The molecule has 1 aromatic rings. The molecule has 0 aliphatic heterocycles. The third-order valence-electron chi connectivity index (χ3n) is 4.22. The summed E-state index contributed by atoms with van der Waals surface area (Å²) < 4.78 is 0. The molecule has 1 aliphatic carbocycles. The zero-order chi connectivity index (χ0) is 15.2. The second-order valence-corrected chi connectivity index (χ2v) is 8.70. The Morgan fingerprint density at radius 1 is 1.14 bits per heavy atom. The van der Waals surface area contributed by atoms with Crippen LogP contribution < -0.4 is 5.32 Å². The second kappa shape index (κ2) is 8.24. The number of hydrogen-bond acceptors (Lipinski definition) is 2. The lowest BCUT2D eigenvalue weighted by Gasteiger charge is -2.31. The van der Waals surface area contributed by atoms with E-state index in [2.05, 4.69) is 69.0 Å². The molecule has 2 heteroatoms. The molecule has 0 radical (unpaired) electrons. The Morgan fingerprint density at radius 2 is 1.86 bits per heavy atom. The smallest absolute Gasteiger partial charge is 0.0206 e. The van der Waals surface area contributed by atoms with Crippen molar-refractivity contribution < 1.29 is 0 Å². The largest absolute Gasteiger partial charge is 0.312 e. The summed E-state index contributed by atoms with van der Waals surface area (Å²) in [7, 11) is 0. The Balaban J connectivity index is 1.88. The fourth-order valence-corrected chi connectivity index (χ4v) is 5.01. The van der Waals surface area contributed by atoms with E-state index in [4.69, 9.17) is 0 Å². The van der Waals surface area contributed by atoms with Crippen molar-refractivity contribution in [3.05, 3.63) is 29.8 Å². The van der Waals surface area contributed by atoms with Gasteiger partial charge < -0.3 is 5.32 Å². The molecule has 1 aromatic carbocycles. The topological polar surface area (TPSA) is 12.0 Å². The van der Waals surface area contributed by atoms with Gasteiger partial charge in [-0.2, -0.15) is 0 Å².